The van der Waals surface area contributed by atoms with Gasteiger partial charge in [0.25, 0.3) is 0 Å². The lowest BCUT2D eigenvalue weighted by Crippen LogP contribution is -2.38. The molecule has 19 heavy (non-hydrogen) atoms. The van der Waals surface area contributed by atoms with E-state index in [1.807, 2.05) is 0 Å². The fraction of sp³-hybridized carbons (Fsp3) is 1.00. The normalized spacial score (nSPS) is 33.9. The van der Waals surface area contributed by atoms with Gasteiger partial charge in [-0.05, 0) is 56.3 Å². The Labute approximate surface area is 119 Å². The van der Waals surface area contributed by atoms with Gasteiger partial charge in [0.15, 0.2) is 0 Å². The summed E-state index contributed by atoms with van der Waals surface area (Å²) in [5, 5.41) is 3.78. The van der Waals surface area contributed by atoms with Gasteiger partial charge < -0.3 is 10.1 Å². The number of rotatable bonds is 3. The van der Waals surface area contributed by atoms with Crippen LogP contribution in [-0.4, -0.2) is 25.3 Å². The van der Waals surface area contributed by atoms with Crippen molar-refractivity contribution in [2.24, 2.45) is 11.3 Å². The SMILES string of the molecule is CC(C)(C)C1CCCC(NCC2CCCCO2)CC1. The summed E-state index contributed by atoms with van der Waals surface area (Å²) in [6, 6.07) is 0.734. The molecule has 0 spiro atoms. The van der Waals surface area contributed by atoms with Crippen LogP contribution in [0.2, 0.25) is 0 Å². The Bertz CT molecular complexity index is 252. The van der Waals surface area contributed by atoms with E-state index in [1.165, 1.54) is 51.4 Å². The summed E-state index contributed by atoms with van der Waals surface area (Å²) in [5.41, 5.74) is 0.487. The van der Waals surface area contributed by atoms with Crippen LogP contribution in [0.5, 0.6) is 0 Å². The predicted octanol–water partition coefficient (Wildman–Crippen LogP) is 4.14. The summed E-state index contributed by atoms with van der Waals surface area (Å²) < 4.78 is 5.81. The van der Waals surface area contributed by atoms with Crippen LogP contribution in [0.25, 0.3) is 0 Å². The first kappa shape index (κ1) is 15.3. The maximum atomic E-state index is 5.81. The summed E-state index contributed by atoms with van der Waals surface area (Å²) in [6.07, 6.45) is 11.3. The third kappa shape index (κ3) is 5.07. The molecule has 1 aliphatic carbocycles. The maximum absolute atomic E-state index is 5.81. The van der Waals surface area contributed by atoms with Crippen molar-refractivity contribution in [3.05, 3.63) is 0 Å². The lowest BCUT2D eigenvalue weighted by Gasteiger charge is -2.30. The van der Waals surface area contributed by atoms with E-state index in [4.69, 9.17) is 4.74 Å². The van der Waals surface area contributed by atoms with E-state index in [0.717, 1.165) is 25.1 Å². The van der Waals surface area contributed by atoms with Crippen LogP contribution in [0.3, 0.4) is 0 Å². The van der Waals surface area contributed by atoms with Gasteiger partial charge in [0.1, 0.15) is 0 Å². The molecular weight excluding hydrogens is 234 g/mol. The second-order valence-corrected chi connectivity index (χ2v) is 7.66. The number of ether oxygens (including phenoxy) is 1. The molecule has 2 fully saturated rings. The smallest absolute Gasteiger partial charge is 0.0699 e. The van der Waals surface area contributed by atoms with Crippen molar-refractivity contribution in [1.29, 1.82) is 0 Å². The van der Waals surface area contributed by atoms with E-state index in [2.05, 4.69) is 26.1 Å². The molecule has 0 bridgehead atoms. The van der Waals surface area contributed by atoms with Crippen molar-refractivity contribution in [1.82, 2.24) is 5.32 Å². The maximum Gasteiger partial charge on any atom is 0.0699 e. The monoisotopic (exact) mass is 267 g/mol. The average molecular weight is 267 g/mol. The zero-order valence-corrected chi connectivity index (χ0v) is 13.2. The summed E-state index contributed by atoms with van der Waals surface area (Å²) in [5.74, 6) is 0.908. The molecule has 0 radical (unpaired) electrons. The quantitative estimate of drug-likeness (QED) is 0.776. The van der Waals surface area contributed by atoms with Crippen LogP contribution in [0.4, 0.5) is 0 Å². The molecule has 0 aromatic carbocycles. The third-order valence-corrected chi connectivity index (χ3v) is 5.10. The Kier molecular flexibility index (Phi) is 5.70. The van der Waals surface area contributed by atoms with Crippen LogP contribution in [0.1, 0.15) is 72.1 Å². The molecule has 2 heteroatoms. The second kappa shape index (κ2) is 7.08. The van der Waals surface area contributed by atoms with E-state index in [1.54, 1.807) is 0 Å². The van der Waals surface area contributed by atoms with Crippen molar-refractivity contribution >= 4 is 0 Å². The fourth-order valence-corrected chi connectivity index (χ4v) is 3.64. The Balaban J connectivity index is 1.70. The molecule has 2 aliphatic rings. The van der Waals surface area contributed by atoms with Gasteiger partial charge in [0.05, 0.1) is 6.10 Å². The van der Waals surface area contributed by atoms with Crippen LogP contribution in [0, 0.1) is 11.3 Å². The summed E-state index contributed by atoms with van der Waals surface area (Å²) >= 11 is 0. The van der Waals surface area contributed by atoms with Gasteiger partial charge in [-0.1, -0.05) is 27.2 Å². The first-order valence-corrected chi connectivity index (χ1v) is 8.40. The van der Waals surface area contributed by atoms with E-state index >= 15 is 0 Å². The van der Waals surface area contributed by atoms with Crippen LogP contribution in [0.15, 0.2) is 0 Å². The minimum absolute atomic E-state index is 0.482. The molecule has 2 nitrogen and oxygen atoms in total. The zero-order valence-electron chi connectivity index (χ0n) is 13.2. The Morgan fingerprint density at radius 2 is 1.79 bits per heavy atom. The van der Waals surface area contributed by atoms with Crippen molar-refractivity contribution in [2.45, 2.75) is 84.3 Å². The largest absolute Gasteiger partial charge is 0.377 e. The lowest BCUT2D eigenvalue weighted by atomic mass is 9.76. The first-order chi connectivity index (χ1) is 9.05. The van der Waals surface area contributed by atoms with E-state index in [9.17, 15) is 0 Å². The molecule has 3 unspecified atom stereocenters. The fourth-order valence-electron chi connectivity index (χ4n) is 3.64. The molecule has 112 valence electrons. The minimum atomic E-state index is 0.482. The van der Waals surface area contributed by atoms with Gasteiger partial charge in [-0.2, -0.15) is 0 Å². The van der Waals surface area contributed by atoms with Gasteiger partial charge in [-0.15, -0.1) is 0 Å². The average Bonchev–Trinajstić information content (AvgIpc) is 2.62. The van der Waals surface area contributed by atoms with Gasteiger partial charge >= 0.3 is 0 Å². The standard InChI is InChI=1S/C17H33NO/c1-17(2,3)14-7-6-8-15(11-10-14)18-13-16-9-4-5-12-19-16/h14-16,18H,4-13H2,1-3H3. The van der Waals surface area contributed by atoms with Gasteiger partial charge in [0.2, 0.25) is 0 Å². The number of hydrogen-bond donors (Lipinski definition) is 1. The molecule has 1 aliphatic heterocycles. The highest BCUT2D eigenvalue weighted by Gasteiger charge is 2.28. The van der Waals surface area contributed by atoms with Crippen LogP contribution >= 0.6 is 0 Å². The van der Waals surface area contributed by atoms with Gasteiger partial charge in [-0.25, -0.2) is 0 Å². The van der Waals surface area contributed by atoms with Crippen molar-refractivity contribution in [2.75, 3.05) is 13.2 Å². The minimum Gasteiger partial charge on any atom is -0.377 e. The molecule has 1 saturated carbocycles. The van der Waals surface area contributed by atoms with Crippen LogP contribution < -0.4 is 5.32 Å². The highest BCUT2D eigenvalue weighted by molar-refractivity contribution is 4.82. The van der Waals surface area contributed by atoms with Crippen molar-refractivity contribution < 1.29 is 4.74 Å². The molecule has 0 aromatic rings. The molecule has 0 aromatic heterocycles. The van der Waals surface area contributed by atoms with E-state index in [0.29, 0.717) is 11.5 Å². The second-order valence-electron chi connectivity index (χ2n) is 7.66. The molecule has 0 amide bonds. The molecule has 1 saturated heterocycles. The summed E-state index contributed by atoms with van der Waals surface area (Å²) in [6.45, 7) is 9.26. The van der Waals surface area contributed by atoms with E-state index < -0.39 is 0 Å². The molecule has 1 heterocycles. The van der Waals surface area contributed by atoms with Gasteiger partial charge in [-0.3, -0.25) is 0 Å². The predicted molar refractivity (Wildman–Crippen MR) is 81.4 cm³/mol. The summed E-state index contributed by atoms with van der Waals surface area (Å²) in [7, 11) is 0. The summed E-state index contributed by atoms with van der Waals surface area (Å²) in [4.78, 5) is 0. The first-order valence-electron chi connectivity index (χ1n) is 8.40. The molecular formula is C17H33NO. The highest BCUT2D eigenvalue weighted by atomic mass is 16.5. The molecule has 2 rings (SSSR count). The number of nitrogens with one attached hydrogen (secondary N) is 1. The van der Waals surface area contributed by atoms with Gasteiger partial charge in [0, 0.05) is 19.2 Å². The molecule has 3 atom stereocenters. The number of hydrogen-bond acceptors (Lipinski definition) is 2. The van der Waals surface area contributed by atoms with E-state index in [-0.39, 0.29) is 0 Å². The topological polar surface area (TPSA) is 21.3 Å². The Hall–Kier alpha value is -0.0800. The highest BCUT2D eigenvalue weighted by Crippen LogP contribution is 2.36. The Morgan fingerprint density at radius 1 is 0.947 bits per heavy atom. The van der Waals surface area contributed by atoms with Crippen LogP contribution in [-0.2, 0) is 4.74 Å². The lowest BCUT2D eigenvalue weighted by molar-refractivity contribution is 0.0150. The molecule has 1 N–H and O–H groups in total. The van der Waals surface area contributed by atoms with Crippen molar-refractivity contribution in [3.63, 3.8) is 0 Å². The zero-order chi connectivity index (χ0) is 13.7. The third-order valence-electron chi connectivity index (χ3n) is 5.10. The Morgan fingerprint density at radius 3 is 2.47 bits per heavy atom. The van der Waals surface area contributed by atoms with Crippen molar-refractivity contribution in [3.8, 4) is 0 Å².